The highest BCUT2D eigenvalue weighted by molar-refractivity contribution is 6.30. The fourth-order valence-corrected chi connectivity index (χ4v) is 3.15. The van der Waals surface area contributed by atoms with Gasteiger partial charge in [-0.1, -0.05) is 41.9 Å². The van der Waals surface area contributed by atoms with Crippen LogP contribution in [-0.4, -0.2) is 26.3 Å². The summed E-state index contributed by atoms with van der Waals surface area (Å²) in [5.41, 5.74) is 0.942. The number of nitrogens with one attached hydrogen (secondary N) is 1. The number of carbonyl (C=O) groups excluding carboxylic acids is 2. The third kappa shape index (κ3) is 3.41. The molecular weight excluding hydrogens is 382 g/mol. The number of benzene rings is 2. The molecule has 8 nitrogen and oxygen atoms in total. The predicted molar refractivity (Wildman–Crippen MR) is 103 cm³/mol. The Labute approximate surface area is 164 Å². The summed E-state index contributed by atoms with van der Waals surface area (Å²) < 4.78 is 2.22. The van der Waals surface area contributed by atoms with Crippen LogP contribution in [0.4, 0.5) is 10.5 Å². The Balaban J connectivity index is 1.48. The Hall–Kier alpha value is -3.39. The zero-order chi connectivity index (χ0) is 19.7. The van der Waals surface area contributed by atoms with Gasteiger partial charge in [-0.05, 0) is 29.8 Å². The highest BCUT2D eigenvalue weighted by Gasteiger charge is 2.33. The summed E-state index contributed by atoms with van der Waals surface area (Å²) in [7, 11) is 0. The lowest BCUT2D eigenvalue weighted by molar-refractivity contribution is -0.122. The van der Waals surface area contributed by atoms with Crippen molar-refractivity contribution >= 4 is 29.2 Å². The average molecular weight is 398 g/mol. The molecule has 2 amide bonds. The molecule has 0 saturated carbocycles. The Morgan fingerprint density at radius 1 is 1.07 bits per heavy atom. The lowest BCUT2D eigenvalue weighted by atomic mass is 10.2. The van der Waals surface area contributed by atoms with Crippen molar-refractivity contribution < 1.29 is 9.59 Å². The number of para-hydroxylation sites is 1. The number of fused-ring (bicyclic) bond motifs is 1. The number of hydrogen-bond donors (Lipinski definition) is 1. The van der Waals surface area contributed by atoms with Gasteiger partial charge >= 0.3 is 11.7 Å². The Kier molecular flexibility index (Phi) is 4.70. The number of anilines is 1. The van der Waals surface area contributed by atoms with Gasteiger partial charge in [0.2, 0.25) is 5.91 Å². The molecule has 4 rings (SSSR count). The maximum absolute atomic E-state index is 12.8. The first-order valence-corrected chi connectivity index (χ1v) is 8.97. The first kappa shape index (κ1) is 18.0. The van der Waals surface area contributed by atoms with E-state index in [2.05, 4.69) is 10.3 Å². The molecule has 0 aliphatic carbocycles. The summed E-state index contributed by atoms with van der Waals surface area (Å²) in [6, 6.07) is 15.7. The molecule has 3 aromatic rings. The molecule has 2 aromatic carbocycles. The SMILES string of the molecule is O=C(Cn1c(=O)nc2n1C(=O)N(c1ccccc1)C2)NCc1ccc(Cl)cc1. The van der Waals surface area contributed by atoms with E-state index in [-0.39, 0.29) is 19.6 Å². The standard InChI is InChI=1S/C19H16ClN5O3/c20-14-8-6-13(7-9-14)10-21-17(26)12-24-18(27)22-16-11-23(19(28)25(16)24)15-4-2-1-3-5-15/h1-9H,10-12H2,(H,21,26). The van der Waals surface area contributed by atoms with Gasteiger partial charge in [0.15, 0.2) is 5.82 Å². The third-order valence-electron chi connectivity index (χ3n) is 4.41. The van der Waals surface area contributed by atoms with Crippen LogP contribution >= 0.6 is 11.6 Å². The maximum Gasteiger partial charge on any atom is 0.365 e. The highest BCUT2D eigenvalue weighted by Crippen LogP contribution is 2.22. The van der Waals surface area contributed by atoms with Crippen molar-refractivity contribution in [2.24, 2.45) is 0 Å². The Bertz CT molecular complexity index is 1090. The first-order valence-electron chi connectivity index (χ1n) is 8.60. The molecule has 1 aromatic heterocycles. The molecule has 1 aliphatic rings. The van der Waals surface area contributed by atoms with Crippen LogP contribution in [0.5, 0.6) is 0 Å². The highest BCUT2D eigenvalue weighted by atomic mass is 35.5. The van der Waals surface area contributed by atoms with Crippen molar-refractivity contribution in [2.75, 3.05) is 4.90 Å². The van der Waals surface area contributed by atoms with E-state index in [1.54, 1.807) is 36.4 Å². The summed E-state index contributed by atoms with van der Waals surface area (Å²) in [5, 5.41) is 3.33. The van der Waals surface area contributed by atoms with E-state index in [9.17, 15) is 14.4 Å². The lowest BCUT2D eigenvalue weighted by Crippen LogP contribution is -2.38. The third-order valence-corrected chi connectivity index (χ3v) is 4.66. The average Bonchev–Trinajstić information content (AvgIpc) is 3.18. The molecule has 0 radical (unpaired) electrons. The van der Waals surface area contributed by atoms with E-state index < -0.39 is 17.6 Å². The second-order valence-corrected chi connectivity index (χ2v) is 6.72. The predicted octanol–water partition coefficient (Wildman–Crippen LogP) is 2.00. The summed E-state index contributed by atoms with van der Waals surface area (Å²) in [4.78, 5) is 42.6. The van der Waals surface area contributed by atoms with Crippen LogP contribution in [-0.2, 0) is 24.4 Å². The number of aromatic nitrogens is 3. The van der Waals surface area contributed by atoms with Crippen molar-refractivity contribution in [2.45, 2.75) is 19.6 Å². The van der Waals surface area contributed by atoms with Crippen molar-refractivity contribution in [1.82, 2.24) is 19.7 Å². The van der Waals surface area contributed by atoms with Gasteiger partial charge in [-0.25, -0.2) is 14.3 Å². The van der Waals surface area contributed by atoms with Crippen LogP contribution in [0.2, 0.25) is 5.02 Å². The smallest absolute Gasteiger partial charge is 0.350 e. The fraction of sp³-hybridized carbons (Fsp3) is 0.158. The summed E-state index contributed by atoms with van der Waals surface area (Å²) in [6.45, 7) is 0.168. The molecule has 0 spiro atoms. The largest absolute Gasteiger partial charge is 0.365 e. The van der Waals surface area contributed by atoms with Crippen LogP contribution in [0.3, 0.4) is 0 Å². The molecule has 0 saturated heterocycles. The number of rotatable bonds is 5. The van der Waals surface area contributed by atoms with Crippen molar-refractivity contribution in [1.29, 1.82) is 0 Å². The second kappa shape index (κ2) is 7.32. The van der Waals surface area contributed by atoms with Gasteiger partial charge in [0.1, 0.15) is 6.54 Å². The number of nitrogens with zero attached hydrogens (tertiary/aromatic N) is 4. The van der Waals surface area contributed by atoms with Crippen molar-refractivity contribution in [3.05, 3.63) is 81.5 Å². The van der Waals surface area contributed by atoms with Crippen LogP contribution < -0.4 is 15.9 Å². The topological polar surface area (TPSA) is 89.2 Å². The minimum Gasteiger partial charge on any atom is -0.350 e. The number of carbonyl (C=O) groups is 2. The van der Waals surface area contributed by atoms with E-state index in [4.69, 9.17) is 11.6 Å². The quantitative estimate of drug-likeness (QED) is 0.713. The molecule has 0 atom stereocenters. The van der Waals surface area contributed by atoms with Crippen molar-refractivity contribution in [3.63, 3.8) is 0 Å². The number of hydrogen-bond acceptors (Lipinski definition) is 4. The van der Waals surface area contributed by atoms with Crippen LogP contribution in [0, 0.1) is 0 Å². The van der Waals surface area contributed by atoms with Gasteiger partial charge in [-0.3, -0.25) is 9.69 Å². The second-order valence-electron chi connectivity index (χ2n) is 6.29. The van der Waals surface area contributed by atoms with Gasteiger partial charge in [-0.15, -0.1) is 0 Å². The zero-order valence-corrected chi connectivity index (χ0v) is 15.5. The molecule has 0 fully saturated rings. The summed E-state index contributed by atoms with van der Waals surface area (Å²) in [6.07, 6.45) is 0. The van der Waals surface area contributed by atoms with Gasteiger partial charge < -0.3 is 5.32 Å². The number of halogens is 1. The zero-order valence-electron chi connectivity index (χ0n) is 14.7. The Morgan fingerprint density at radius 3 is 2.50 bits per heavy atom. The van der Waals surface area contributed by atoms with E-state index in [1.165, 1.54) is 4.90 Å². The van der Waals surface area contributed by atoms with Gasteiger partial charge in [0.05, 0.1) is 6.54 Å². The fourth-order valence-electron chi connectivity index (χ4n) is 3.02. The summed E-state index contributed by atoms with van der Waals surface area (Å²) in [5.74, 6) is -0.0879. The van der Waals surface area contributed by atoms with Gasteiger partial charge in [0.25, 0.3) is 0 Å². The minimum absolute atomic E-state index is 0.178. The molecule has 142 valence electrons. The lowest BCUT2D eigenvalue weighted by Gasteiger charge is -2.15. The molecule has 2 heterocycles. The molecule has 1 N–H and O–H groups in total. The maximum atomic E-state index is 12.8. The minimum atomic E-state index is -0.627. The van der Waals surface area contributed by atoms with Crippen LogP contribution in [0.25, 0.3) is 0 Å². The van der Waals surface area contributed by atoms with E-state index >= 15 is 0 Å². The molecule has 1 aliphatic heterocycles. The first-order chi connectivity index (χ1) is 13.5. The van der Waals surface area contributed by atoms with E-state index in [0.717, 1.165) is 14.9 Å². The molecule has 28 heavy (non-hydrogen) atoms. The molecule has 9 heteroatoms. The number of amides is 2. The van der Waals surface area contributed by atoms with E-state index in [1.807, 2.05) is 18.2 Å². The summed E-state index contributed by atoms with van der Waals surface area (Å²) >= 11 is 5.84. The molecule has 0 unspecified atom stereocenters. The van der Waals surface area contributed by atoms with Gasteiger partial charge in [0, 0.05) is 17.3 Å². The van der Waals surface area contributed by atoms with Crippen LogP contribution in [0.1, 0.15) is 11.4 Å². The monoisotopic (exact) mass is 397 g/mol. The molecular formula is C19H16ClN5O3. The molecule has 0 bridgehead atoms. The van der Waals surface area contributed by atoms with E-state index in [0.29, 0.717) is 16.5 Å². The van der Waals surface area contributed by atoms with Crippen LogP contribution in [0.15, 0.2) is 59.4 Å². The normalized spacial score (nSPS) is 12.9. The van der Waals surface area contributed by atoms with Gasteiger partial charge in [-0.2, -0.15) is 9.67 Å². The Morgan fingerprint density at radius 2 is 1.79 bits per heavy atom. The van der Waals surface area contributed by atoms with Crippen molar-refractivity contribution in [3.8, 4) is 0 Å².